The van der Waals surface area contributed by atoms with Crippen LogP contribution in [-0.2, 0) is 14.2 Å². The number of hydrogen-bond donors (Lipinski definition) is 2. The average Bonchev–Trinajstić information content (AvgIpc) is 2.40. The van der Waals surface area contributed by atoms with Gasteiger partial charge in [0.15, 0.2) is 5.96 Å². The third kappa shape index (κ3) is 15.8. The van der Waals surface area contributed by atoms with E-state index >= 15 is 0 Å². The highest BCUT2D eigenvalue weighted by Gasteiger charge is 1.96. The van der Waals surface area contributed by atoms with E-state index in [1.165, 1.54) is 0 Å². The van der Waals surface area contributed by atoms with Crippen LogP contribution in [0.2, 0.25) is 0 Å². The van der Waals surface area contributed by atoms with Gasteiger partial charge in [-0.1, -0.05) is 0 Å². The summed E-state index contributed by atoms with van der Waals surface area (Å²) in [5, 5.41) is 6.44. The Balaban J connectivity index is 0. The van der Waals surface area contributed by atoms with Crippen LogP contribution in [0.5, 0.6) is 0 Å². The first-order valence-electron chi connectivity index (χ1n) is 6.35. The molecule has 0 bridgehead atoms. The normalized spacial score (nSPS) is 11.0. The first kappa shape index (κ1) is 21.2. The molecule has 0 aliphatic heterocycles. The molecule has 7 heteroatoms. The topological polar surface area (TPSA) is 64.1 Å². The number of ether oxygens (including phenoxy) is 3. The highest BCUT2D eigenvalue weighted by Crippen LogP contribution is 1.82. The molecule has 0 radical (unpaired) electrons. The number of methoxy groups -OCH3 is 2. The van der Waals surface area contributed by atoms with E-state index in [-0.39, 0.29) is 24.0 Å². The molecule has 0 amide bonds. The van der Waals surface area contributed by atoms with Gasteiger partial charge in [0.1, 0.15) is 0 Å². The van der Waals surface area contributed by atoms with E-state index < -0.39 is 0 Å². The van der Waals surface area contributed by atoms with Crippen molar-refractivity contribution in [1.82, 2.24) is 10.6 Å². The lowest BCUT2D eigenvalue weighted by Gasteiger charge is -2.11. The number of guanidine groups is 1. The highest BCUT2D eigenvalue weighted by atomic mass is 127. The molecule has 0 aromatic rings. The molecule has 0 spiro atoms. The number of nitrogens with one attached hydrogen (secondary N) is 2. The van der Waals surface area contributed by atoms with Gasteiger partial charge in [0.25, 0.3) is 0 Å². The van der Waals surface area contributed by atoms with Gasteiger partial charge in [0.2, 0.25) is 0 Å². The summed E-state index contributed by atoms with van der Waals surface area (Å²) >= 11 is 0. The lowest BCUT2D eigenvalue weighted by Crippen LogP contribution is -2.38. The molecule has 0 unspecified atom stereocenters. The number of halogens is 1. The molecule has 0 atom stereocenters. The third-order valence-electron chi connectivity index (χ3n) is 2.23. The number of rotatable bonds is 11. The van der Waals surface area contributed by atoms with E-state index in [4.69, 9.17) is 14.2 Å². The predicted molar refractivity (Wildman–Crippen MR) is 88.6 cm³/mol. The van der Waals surface area contributed by atoms with Gasteiger partial charge >= 0.3 is 0 Å². The second kappa shape index (κ2) is 17.9. The third-order valence-corrected chi connectivity index (χ3v) is 2.23. The molecule has 0 aromatic heterocycles. The van der Waals surface area contributed by atoms with Crippen LogP contribution in [-0.4, -0.2) is 66.7 Å². The number of nitrogens with zero attached hydrogens (tertiary/aromatic N) is 1. The average molecular weight is 389 g/mol. The Kier molecular flexibility index (Phi) is 19.9. The molecular weight excluding hydrogens is 361 g/mol. The lowest BCUT2D eigenvalue weighted by atomic mass is 10.4. The summed E-state index contributed by atoms with van der Waals surface area (Å²) in [6, 6.07) is 0. The summed E-state index contributed by atoms with van der Waals surface area (Å²) in [4.78, 5) is 4.13. The van der Waals surface area contributed by atoms with Crippen molar-refractivity contribution in [3.05, 3.63) is 0 Å². The Morgan fingerprint density at radius 3 is 2.00 bits per heavy atom. The molecule has 0 aliphatic carbocycles. The van der Waals surface area contributed by atoms with Gasteiger partial charge in [0, 0.05) is 47.6 Å². The predicted octanol–water partition coefficient (Wildman–Crippen LogP) is 0.859. The molecule has 0 rings (SSSR count). The highest BCUT2D eigenvalue weighted by molar-refractivity contribution is 14.0. The Morgan fingerprint density at radius 1 is 0.895 bits per heavy atom. The van der Waals surface area contributed by atoms with Crippen molar-refractivity contribution in [2.24, 2.45) is 4.99 Å². The molecule has 0 aliphatic rings. The zero-order valence-electron chi connectivity index (χ0n) is 12.2. The van der Waals surface area contributed by atoms with Gasteiger partial charge in [-0.25, -0.2) is 0 Å². The molecule has 116 valence electrons. The maximum atomic E-state index is 5.36. The van der Waals surface area contributed by atoms with Crippen LogP contribution in [0.1, 0.15) is 12.8 Å². The fourth-order valence-corrected chi connectivity index (χ4v) is 1.27. The van der Waals surface area contributed by atoms with Crippen molar-refractivity contribution in [1.29, 1.82) is 0 Å². The van der Waals surface area contributed by atoms with E-state index in [1.807, 2.05) is 0 Å². The minimum Gasteiger partial charge on any atom is -0.385 e. The quantitative estimate of drug-likeness (QED) is 0.238. The summed E-state index contributed by atoms with van der Waals surface area (Å²) in [5.74, 6) is 0.822. The van der Waals surface area contributed by atoms with E-state index in [1.54, 1.807) is 21.3 Å². The molecule has 2 N–H and O–H groups in total. The van der Waals surface area contributed by atoms with E-state index in [9.17, 15) is 0 Å². The Morgan fingerprint density at radius 2 is 1.47 bits per heavy atom. The smallest absolute Gasteiger partial charge is 0.190 e. The Labute approximate surface area is 133 Å². The molecule has 0 saturated carbocycles. The van der Waals surface area contributed by atoms with Crippen molar-refractivity contribution >= 4 is 29.9 Å². The van der Waals surface area contributed by atoms with Crippen molar-refractivity contribution in [3.8, 4) is 0 Å². The van der Waals surface area contributed by atoms with Crippen molar-refractivity contribution in [2.75, 3.05) is 60.8 Å². The molecule has 0 fully saturated rings. The van der Waals surface area contributed by atoms with Crippen LogP contribution < -0.4 is 10.6 Å². The minimum atomic E-state index is 0. The maximum Gasteiger partial charge on any atom is 0.190 e. The van der Waals surface area contributed by atoms with Gasteiger partial charge < -0.3 is 24.8 Å². The van der Waals surface area contributed by atoms with Crippen LogP contribution in [0.4, 0.5) is 0 Å². The minimum absolute atomic E-state index is 0. The van der Waals surface area contributed by atoms with Gasteiger partial charge in [0.05, 0.1) is 13.2 Å². The van der Waals surface area contributed by atoms with Crippen molar-refractivity contribution < 1.29 is 14.2 Å². The van der Waals surface area contributed by atoms with E-state index in [0.29, 0.717) is 13.2 Å². The van der Waals surface area contributed by atoms with Crippen LogP contribution in [0, 0.1) is 0 Å². The molecule has 0 heterocycles. The zero-order chi connectivity index (χ0) is 13.5. The van der Waals surface area contributed by atoms with Gasteiger partial charge in [-0.2, -0.15) is 0 Å². The van der Waals surface area contributed by atoms with Gasteiger partial charge in [-0.3, -0.25) is 4.99 Å². The summed E-state index contributed by atoms with van der Waals surface area (Å²) in [6.07, 6.45) is 1.92. The number of hydrogen-bond acceptors (Lipinski definition) is 4. The fourth-order valence-electron chi connectivity index (χ4n) is 1.27. The second-order valence-electron chi connectivity index (χ2n) is 3.73. The Bertz CT molecular complexity index is 207. The maximum absolute atomic E-state index is 5.36. The van der Waals surface area contributed by atoms with Crippen LogP contribution in [0.15, 0.2) is 4.99 Å². The van der Waals surface area contributed by atoms with Crippen LogP contribution in [0.3, 0.4) is 0 Å². The van der Waals surface area contributed by atoms with Crippen molar-refractivity contribution in [2.45, 2.75) is 12.8 Å². The number of aliphatic imine (C=N–C) groups is 1. The largest absolute Gasteiger partial charge is 0.385 e. The standard InChI is InChI=1S/C12H27N3O3.HI/c1-13-12(14-6-4-8-16-2)15-7-5-9-18-11-10-17-3;/h4-11H2,1-3H3,(H2,13,14,15);1H. The van der Waals surface area contributed by atoms with Gasteiger partial charge in [-0.15, -0.1) is 24.0 Å². The zero-order valence-corrected chi connectivity index (χ0v) is 14.6. The summed E-state index contributed by atoms with van der Waals surface area (Å²) < 4.78 is 15.2. The lowest BCUT2D eigenvalue weighted by molar-refractivity contribution is 0.0698. The molecule has 0 saturated heterocycles. The molecule has 6 nitrogen and oxygen atoms in total. The Hall–Kier alpha value is -0.120. The summed E-state index contributed by atoms with van der Waals surface area (Å²) in [7, 11) is 5.14. The second-order valence-corrected chi connectivity index (χ2v) is 3.73. The first-order chi connectivity index (χ1) is 8.85. The summed E-state index contributed by atoms with van der Waals surface area (Å²) in [6.45, 7) is 4.50. The van der Waals surface area contributed by atoms with Crippen molar-refractivity contribution in [3.63, 3.8) is 0 Å². The summed E-state index contributed by atoms with van der Waals surface area (Å²) in [5.41, 5.74) is 0. The molecule has 19 heavy (non-hydrogen) atoms. The fraction of sp³-hybridized carbons (Fsp3) is 0.917. The SMILES string of the molecule is CN=C(NCCCOC)NCCCOCCOC.I. The van der Waals surface area contributed by atoms with Crippen LogP contribution in [0.25, 0.3) is 0 Å². The van der Waals surface area contributed by atoms with E-state index in [0.717, 1.165) is 45.1 Å². The van der Waals surface area contributed by atoms with Crippen LogP contribution >= 0.6 is 24.0 Å². The first-order valence-corrected chi connectivity index (χ1v) is 6.35. The van der Waals surface area contributed by atoms with E-state index in [2.05, 4.69) is 15.6 Å². The van der Waals surface area contributed by atoms with Gasteiger partial charge in [-0.05, 0) is 12.8 Å². The monoisotopic (exact) mass is 389 g/mol. The molecular formula is C12H28IN3O3. The molecule has 0 aromatic carbocycles.